The fraction of sp³-hybridized carbons (Fsp3) is 0.267. The van der Waals surface area contributed by atoms with Crippen LogP contribution in [0.2, 0.25) is 0 Å². The van der Waals surface area contributed by atoms with Gasteiger partial charge in [-0.2, -0.15) is 0 Å². The third-order valence-corrected chi connectivity index (χ3v) is 8.42. The van der Waals surface area contributed by atoms with Crippen molar-refractivity contribution in [3.8, 4) is 22.7 Å². The molecule has 4 aromatic rings. The number of carboxylic acid groups (broad SMARTS) is 1. The standard InChI is InChI=1S/C30H31N5O6S/c1-19-16-20(2)32-30(31-19)33-42(39,40)25-10-6-23(7-11-25)35-26-14-15-34(28(36)12-13-29(37)38)18-22(26)17-27(35)21-4-8-24(41-3)9-5-21/h4-11,16-17H,12-15,18H2,1-3H3,(H,37,38)(H,31,32,33). The number of sulfonamides is 1. The largest absolute Gasteiger partial charge is 0.497 e. The number of aromatic nitrogens is 3. The second-order valence-electron chi connectivity index (χ2n) is 10.1. The highest BCUT2D eigenvalue weighted by Gasteiger charge is 2.27. The second kappa shape index (κ2) is 11.6. The maximum atomic E-state index is 13.1. The molecule has 5 rings (SSSR count). The number of carbonyl (C=O) groups is 2. The Balaban J connectivity index is 1.49. The van der Waals surface area contributed by atoms with E-state index in [2.05, 4.69) is 19.3 Å². The Kier molecular flexibility index (Phi) is 7.99. The van der Waals surface area contributed by atoms with Crippen LogP contribution in [0.1, 0.15) is 35.5 Å². The minimum Gasteiger partial charge on any atom is -0.497 e. The van der Waals surface area contributed by atoms with Gasteiger partial charge in [0, 0.05) is 48.7 Å². The summed E-state index contributed by atoms with van der Waals surface area (Å²) in [5.41, 5.74) is 5.80. The molecule has 0 spiro atoms. The molecule has 0 atom stereocenters. The van der Waals surface area contributed by atoms with Gasteiger partial charge in [-0.3, -0.25) is 9.59 Å². The smallest absolute Gasteiger partial charge is 0.303 e. The Labute approximate surface area is 243 Å². The maximum absolute atomic E-state index is 13.1. The van der Waals surface area contributed by atoms with Crippen LogP contribution in [0, 0.1) is 13.8 Å². The van der Waals surface area contributed by atoms with Crippen LogP contribution in [0.5, 0.6) is 5.75 Å². The van der Waals surface area contributed by atoms with Crippen LogP contribution < -0.4 is 9.46 Å². The number of carboxylic acids is 1. The zero-order valence-electron chi connectivity index (χ0n) is 23.5. The summed E-state index contributed by atoms with van der Waals surface area (Å²) in [5, 5.41) is 8.98. The minimum atomic E-state index is -3.93. The first-order valence-electron chi connectivity index (χ1n) is 13.4. The molecular formula is C30H31N5O6S. The molecule has 2 N–H and O–H groups in total. The summed E-state index contributed by atoms with van der Waals surface area (Å²) in [6.07, 6.45) is 0.295. The number of hydrogen-bond donors (Lipinski definition) is 2. The van der Waals surface area contributed by atoms with Crippen molar-refractivity contribution in [3.63, 3.8) is 0 Å². The number of aliphatic carboxylic acids is 1. The van der Waals surface area contributed by atoms with Crippen molar-refractivity contribution in [1.82, 2.24) is 19.4 Å². The fourth-order valence-electron chi connectivity index (χ4n) is 5.12. The molecule has 0 saturated heterocycles. The van der Waals surface area contributed by atoms with Crippen molar-refractivity contribution < 1.29 is 27.9 Å². The molecule has 12 heteroatoms. The molecule has 11 nitrogen and oxygen atoms in total. The molecule has 0 saturated carbocycles. The number of carbonyl (C=O) groups excluding carboxylic acids is 1. The van der Waals surface area contributed by atoms with Crippen LogP contribution in [0.3, 0.4) is 0 Å². The zero-order chi connectivity index (χ0) is 30.0. The van der Waals surface area contributed by atoms with Gasteiger partial charge in [-0.05, 0) is 85.6 Å². The van der Waals surface area contributed by atoms with Gasteiger partial charge in [-0.1, -0.05) is 0 Å². The highest BCUT2D eigenvalue weighted by Crippen LogP contribution is 2.34. The quantitative estimate of drug-likeness (QED) is 0.297. The number of rotatable bonds is 9. The van der Waals surface area contributed by atoms with Gasteiger partial charge in [0.15, 0.2) is 0 Å². The lowest BCUT2D eigenvalue weighted by Gasteiger charge is -2.28. The molecule has 3 heterocycles. The molecule has 218 valence electrons. The molecule has 0 bridgehead atoms. The molecule has 0 aliphatic carbocycles. The summed E-state index contributed by atoms with van der Waals surface area (Å²) in [6.45, 7) is 4.34. The van der Waals surface area contributed by atoms with E-state index in [1.54, 1.807) is 44.1 Å². The highest BCUT2D eigenvalue weighted by molar-refractivity contribution is 7.92. The molecule has 2 aromatic carbocycles. The molecular weight excluding hydrogens is 558 g/mol. The Morgan fingerprint density at radius 1 is 0.976 bits per heavy atom. The maximum Gasteiger partial charge on any atom is 0.303 e. The monoisotopic (exact) mass is 589 g/mol. The number of fused-ring (bicyclic) bond motifs is 1. The Morgan fingerprint density at radius 3 is 2.26 bits per heavy atom. The van der Waals surface area contributed by atoms with Gasteiger partial charge in [-0.25, -0.2) is 23.1 Å². The Hall–Kier alpha value is -4.71. The van der Waals surface area contributed by atoms with Gasteiger partial charge >= 0.3 is 5.97 Å². The van der Waals surface area contributed by atoms with Gasteiger partial charge in [0.05, 0.1) is 24.1 Å². The van der Waals surface area contributed by atoms with Crippen molar-refractivity contribution in [2.24, 2.45) is 0 Å². The molecule has 2 aromatic heterocycles. The molecule has 42 heavy (non-hydrogen) atoms. The van der Waals surface area contributed by atoms with E-state index in [9.17, 15) is 18.0 Å². The van der Waals surface area contributed by atoms with E-state index in [4.69, 9.17) is 9.84 Å². The van der Waals surface area contributed by atoms with Gasteiger partial charge in [0.2, 0.25) is 11.9 Å². The summed E-state index contributed by atoms with van der Waals surface area (Å²) in [4.78, 5) is 33.8. The summed E-state index contributed by atoms with van der Waals surface area (Å²) >= 11 is 0. The van der Waals surface area contributed by atoms with E-state index < -0.39 is 16.0 Å². The lowest BCUT2D eigenvalue weighted by atomic mass is 10.1. The number of nitrogens with one attached hydrogen (secondary N) is 1. The van der Waals surface area contributed by atoms with Crippen molar-refractivity contribution in [2.45, 2.75) is 44.6 Å². The third kappa shape index (κ3) is 6.13. The van der Waals surface area contributed by atoms with E-state index in [1.807, 2.05) is 30.3 Å². The topological polar surface area (TPSA) is 144 Å². The van der Waals surface area contributed by atoms with Crippen molar-refractivity contribution >= 4 is 27.8 Å². The van der Waals surface area contributed by atoms with Crippen LogP contribution in [-0.4, -0.2) is 58.5 Å². The van der Waals surface area contributed by atoms with Crippen LogP contribution in [0.25, 0.3) is 16.9 Å². The molecule has 1 aliphatic rings. The normalized spacial score (nSPS) is 13.0. The number of ether oxygens (including phenoxy) is 1. The van der Waals surface area contributed by atoms with E-state index >= 15 is 0 Å². The predicted octanol–water partition coefficient (Wildman–Crippen LogP) is 4.11. The number of hydrogen-bond acceptors (Lipinski definition) is 7. The SMILES string of the molecule is COc1ccc(-c2cc3c(n2-c2ccc(S(=O)(=O)Nc4nc(C)cc(C)n4)cc2)CCN(C(=O)CCC(=O)O)C3)cc1. The van der Waals surface area contributed by atoms with E-state index in [1.165, 1.54) is 12.1 Å². The van der Waals surface area contributed by atoms with Crippen LogP contribution in [0.15, 0.2) is 65.6 Å². The summed E-state index contributed by atoms with van der Waals surface area (Å²) in [5.74, 6) is -0.472. The van der Waals surface area contributed by atoms with Gasteiger partial charge < -0.3 is 19.3 Å². The van der Waals surface area contributed by atoms with Crippen molar-refractivity contribution in [2.75, 3.05) is 18.4 Å². The van der Waals surface area contributed by atoms with Crippen molar-refractivity contribution in [3.05, 3.63) is 83.3 Å². The molecule has 0 unspecified atom stereocenters. The highest BCUT2D eigenvalue weighted by atomic mass is 32.2. The number of amides is 1. The Morgan fingerprint density at radius 2 is 1.64 bits per heavy atom. The zero-order valence-corrected chi connectivity index (χ0v) is 24.3. The average molecular weight is 590 g/mol. The van der Waals surface area contributed by atoms with Gasteiger partial charge in [-0.15, -0.1) is 0 Å². The summed E-state index contributed by atoms with van der Waals surface area (Å²) in [7, 11) is -2.33. The van der Waals surface area contributed by atoms with Crippen molar-refractivity contribution in [1.29, 1.82) is 0 Å². The van der Waals surface area contributed by atoms with Crippen LogP contribution in [-0.2, 0) is 32.6 Å². The third-order valence-electron chi connectivity index (χ3n) is 7.08. The molecule has 1 aliphatic heterocycles. The van der Waals surface area contributed by atoms with Gasteiger partial charge in [0.25, 0.3) is 10.0 Å². The number of benzene rings is 2. The second-order valence-corrected chi connectivity index (χ2v) is 11.8. The summed E-state index contributed by atoms with van der Waals surface area (Å²) in [6, 6.07) is 18.0. The van der Waals surface area contributed by atoms with Crippen LogP contribution >= 0.6 is 0 Å². The first-order valence-corrected chi connectivity index (χ1v) is 14.9. The predicted molar refractivity (Wildman–Crippen MR) is 156 cm³/mol. The number of methoxy groups -OCH3 is 1. The number of anilines is 1. The lowest BCUT2D eigenvalue weighted by Crippen LogP contribution is -2.36. The Bertz CT molecular complexity index is 1730. The minimum absolute atomic E-state index is 0.0142. The first kappa shape index (κ1) is 28.8. The van der Waals surface area contributed by atoms with E-state index in [0.717, 1.165) is 28.2 Å². The molecule has 0 fully saturated rings. The van der Waals surface area contributed by atoms with Crippen LogP contribution in [0.4, 0.5) is 5.95 Å². The summed E-state index contributed by atoms with van der Waals surface area (Å²) < 4.78 is 36.1. The average Bonchev–Trinajstić information content (AvgIpc) is 3.34. The van der Waals surface area contributed by atoms with E-state index in [0.29, 0.717) is 36.6 Å². The first-order chi connectivity index (χ1) is 20.0. The van der Waals surface area contributed by atoms with Gasteiger partial charge in [0.1, 0.15) is 5.75 Å². The fourth-order valence-corrected chi connectivity index (χ4v) is 6.06. The van der Waals surface area contributed by atoms with E-state index in [-0.39, 0.29) is 29.6 Å². The lowest BCUT2D eigenvalue weighted by molar-refractivity contribution is -0.141. The molecule has 0 radical (unpaired) electrons. The molecule has 1 amide bonds. The number of nitrogens with zero attached hydrogens (tertiary/aromatic N) is 4. The number of aryl methyl sites for hydroxylation is 2.